The highest BCUT2D eigenvalue weighted by molar-refractivity contribution is 6.35. The number of nitrogens with zero attached hydrogens (tertiary/aromatic N) is 1. The van der Waals surface area contributed by atoms with Crippen molar-refractivity contribution in [2.75, 3.05) is 10.6 Å². The van der Waals surface area contributed by atoms with E-state index >= 15 is 0 Å². The quantitative estimate of drug-likeness (QED) is 0.331. The lowest BCUT2D eigenvalue weighted by Gasteiger charge is -2.19. The minimum atomic E-state index is -0.540. The van der Waals surface area contributed by atoms with Crippen molar-refractivity contribution in [3.8, 4) is 0 Å². The van der Waals surface area contributed by atoms with Crippen molar-refractivity contribution in [2.45, 2.75) is 25.6 Å². The molecule has 4 rings (SSSR count). The Kier molecular flexibility index (Phi) is 7.55. The van der Waals surface area contributed by atoms with Crippen LogP contribution in [0, 0.1) is 0 Å². The first-order valence-electron chi connectivity index (χ1n) is 10.3. The zero-order chi connectivity index (χ0) is 24.4. The molecular weight excluding hydrogens is 518 g/mol. The number of nitrogens with one attached hydrogen (secondary N) is 2. The number of carbonyl (C=O) groups is 2. The molecule has 3 aromatic rings. The van der Waals surface area contributed by atoms with Crippen LogP contribution in [0.15, 0.2) is 54.6 Å². The largest absolute Gasteiger partial charge is 0.334 e. The number of carbonyl (C=O) groups excluding carboxylic acids is 2. The maximum absolute atomic E-state index is 12.9. The first-order chi connectivity index (χ1) is 16.2. The minimum Gasteiger partial charge on any atom is -0.334 e. The van der Waals surface area contributed by atoms with Gasteiger partial charge in [-0.25, -0.2) is 4.79 Å². The summed E-state index contributed by atoms with van der Waals surface area (Å²) in [6, 6.07) is 14.4. The van der Waals surface area contributed by atoms with Crippen LogP contribution in [0.2, 0.25) is 20.1 Å². The Hall–Kier alpha value is -2.48. The number of nitrogens with two attached hydrogens (primary N) is 1. The molecule has 0 radical (unpaired) electrons. The summed E-state index contributed by atoms with van der Waals surface area (Å²) in [5.41, 5.74) is 9.95. The van der Waals surface area contributed by atoms with E-state index < -0.39 is 12.1 Å². The Bertz CT molecular complexity index is 1250. The predicted octanol–water partition coefficient (Wildman–Crippen LogP) is 6.88. The summed E-state index contributed by atoms with van der Waals surface area (Å²) in [5.74, 6) is -0.0835. The van der Waals surface area contributed by atoms with Crippen LogP contribution in [-0.2, 0) is 17.9 Å². The van der Waals surface area contributed by atoms with Gasteiger partial charge >= 0.3 is 6.03 Å². The topological polar surface area (TPSA) is 87.5 Å². The maximum Gasteiger partial charge on any atom is 0.323 e. The predicted molar refractivity (Wildman–Crippen MR) is 138 cm³/mol. The van der Waals surface area contributed by atoms with Crippen LogP contribution in [0.3, 0.4) is 0 Å². The van der Waals surface area contributed by atoms with Crippen molar-refractivity contribution < 1.29 is 9.59 Å². The lowest BCUT2D eigenvalue weighted by Crippen LogP contribution is -2.29. The Morgan fingerprint density at radius 2 is 1.50 bits per heavy atom. The summed E-state index contributed by atoms with van der Waals surface area (Å²) in [7, 11) is 0. The first kappa shape index (κ1) is 24.6. The highest BCUT2D eigenvalue weighted by atomic mass is 35.5. The average Bonchev–Trinajstić information content (AvgIpc) is 3.16. The van der Waals surface area contributed by atoms with Gasteiger partial charge in [0.05, 0.1) is 0 Å². The molecule has 176 valence electrons. The standard InChI is InChI=1S/C24H20Cl4N4O2/c25-15-2-4-20(21(28)9-15)22(29)10-23(33)32-11-13-1-3-18(5-14(13)12-32)30-24(34)31-19-7-16(26)6-17(27)8-19/h1-9,22H,10-12,29H2,(H2,30,31,34). The van der Waals surface area contributed by atoms with E-state index in [1.807, 2.05) is 12.1 Å². The van der Waals surface area contributed by atoms with Gasteiger partial charge in [-0.2, -0.15) is 0 Å². The summed E-state index contributed by atoms with van der Waals surface area (Å²) in [5, 5.41) is 7.26. The Morgan fingerprint density at radius 3 is 2.21 bits per heavy atom. The second-order valence-electron chi connectivity index (χ2n) is 7.95. The molecule has 34 heavy (non-hydrogen) atoms. The monoisotopic (exact) mass is 536 g/mol. The van der Waals surface area contributed by atoms with Gasteiger partial charge in [0.15, 0.2) is 0 Å². The van der Waals surface area contributed by atoms with E-state index in [1.54, 1.807) is 47.4 Å². The second kappa shape index (κ2) is 10.4. The zero-order valence-electron chi connectivity index (χ0n) is 17.7. The fourth-order valence-corrected chi connectivity index (χ4v) is 4.87. The van der Waals surface area contributed by atoms with E-state index in [2.05, 4.69) is 10.6 Å². The third-order valence-electron chi connectivity index (χ3n) is 5.42. The molecule has 3 amide bonds. The van der Waals surface area contributed by atoms with Crippen LogP contribution >= 0.6 is 46.4 Å². The molecule has 0 fully saturated rings. The highest BCUT2D eigenvalue weighted by Crippen LogP contribution is 2.30. The van der Waals surface area contributed by atoms with Crippen molar-refractivity contribution in [1.82, 2.24) is 4.90 Å². The van der Waals surface area contributed by atoms with E-state index in [4.69, 9.17) is 52.1 Å². The summed E-state index contributed by atoms with van der Waals surface area (Å²) < 4.78 is 0. The Labute approximate surface area is 216 Å². The number of anilines is 2. The number of hydrogen-bond donors (Lipinski definition) is 3. The van der Waals surface area contributed by atoms with Crippen LogP contribution in [0.25, 0.3) is 0 Å². The normalized spacial score (nSPS) is 13.4. The lowest BCUT2D eigenvalue weighted by molar-refractivity contribution is -0.132. The smallest absolute Gasteiger partial charge is 0.323 e. The SMILES string of the molecule is NC(CC(=O)N1Cc2ccc(NC(=O)Nc3cc(Cl)cc(Cl)c3)cc2C1)c1ccc(Cl)cc1Cl. The molecule has 1 unspecified atom stereocenters. The molecule has 4 N–H and O–H groups in total. The molecule has 6 nitrogen and oxygen atoms in total. The molecule has 1 heterocycles. The second-order valence-corrected chi connectivity index (χ2v) is 9.66. The van der Waals surface area contributed by atoms with Gasteiger partial charge in [0.25, 0.3) is 0 Å². The Morgan fingerprint density at radius 1 is 0.824 bits per heavy atom. The number of hydrogen-bond acceptors (Lipinski definition) is 3. The van der Waals surface area contributed by atoms with Gasteiger partial charge in [0.2, 0.25) is 5.91 Å². The number of amides is 3. The fraction of sp³-hybridized carbons (Fsp3) is 0.167. The number of halogens is 4. The molecule has 10 heteroatoms. The van der Waals surface area contributed by atoms with Gasteiger partial charge in [-0.05, 0) is 59.2 Å². The molecule has 0 aromatic heterocycles. The molecule has 1 aliphatic rings. The molecule has 0 spiro atoms. The minimum absolute atomic E-state index is 0.0835. The molecule has 0 bridgehead atoms. The third kappa shape index (κ3) is 5.95. The number of rotatable bonds is 5. The van der Waals surface area contributed by atoms with Gasteiger partial charge in [-0.3, -0.25) is 4.79 Å². The van der Waals surface area contributed by atoms with Crippen molar-refractivity contribution in [1.29, 1.82) is 0 Å². The van der Waals surface area contributed by atoms with Gasteiger partial charge in [0.1, 0.15) is 0 Å². The van der Waals surface area contributed by atoms with E-state index in [0.717, 1.165) is 11.1 Å². The van der Waals surface area contributed by atoms with E-state index in [1.165, 1.54) is 0 Å². The molecule has 0 saturated heterocycles. The Balaban J connectivity index is 1.36. The summed E-state index contributed by atoms with van der Waals surface area (Å²) in [6.45, 7) is 0.902. The average molecular weight is 538 g/mol. The fourth-order valence-electron chi connectivity index (χ4n) is 3.80. The van der Waals surface area contributed by atoms with Crippen LogP contribution in [0.5, 0.6) is 0 Å². The molecular formula is C24H20Cl4N4O2. The molecule has 1 atom stereocenters. The van der Waals surface area contributed by atoms with Crippen molar-refractivity contribution in [2.24, 2.45) is 5.73 Å². The molecule has 3 aromatic carbocycles. The van der Waals surface area contributed by atoms with Gasteiger partial charge in [-0.15, -0.1) is 0 Å². The van der Waals surface area contributed by atoms with E-state index in [-0.39, 0.29) is 12.3 Å². The number of benzene rings is 3. The van der Waals surface area contributed by atoms with Gasteiger partial charge in [0, 0.05) is 57.0 Å². The number of fused-ring (bicyclic) bond motifs is 1. The third-order valence-corrected chi connectivity index (χ3v) is 6.42. The van der Waals surface area contributed by atoms with Crippen LogP contribution in [-0.4, -0.2) is 16.8 Å². The van der Waals surface area contributed by atoms with Crippen molar-refractivity contribution in [3.05, 3.63) is 91.4 Å². The first-order valence-corrected chi connectivity index (χ1v) is 11.8. The van der Waals surface area contributed by atoms with Crippen LogP contribution in [0.1, 0.15) is 29.2 Å². The summed E-state index contributed by atoms with van der Waals surface area (Å²) >= 11 is 24.1. The summed E-state index contributed by atoms with van der Waals surface area (Å²) in [4.78, 5) is 27.0. The molecule has 1 aliphatic heterocycles. The summed E-state index contributed by atoms with van der Waals surface area (Å²) in [6.07, 6.45) is 0.116. The lowest BCUT2D eigenvalue weighted by atomic mass is 10.0. The highest BCUT2D eigenvalue weighted by Gasteiger charge is 2.26. The molecule has 0 saturated carbocycles. The number of urea groups is 1. The van der Waals surface area contributed by atoms with E-state index in [0.29, 0.717) is 50.1 Å². The van der Waals surface area contributed by atoms with E-state index in [9.17, 15) is 9.59 Å². The van der Waals surface area contributed by atoms with Gasteiger partial charge < -0.3 is 21.3 Å². The maximum atomic E-state index is 12.9. The zero-order valence-corrected chi connectivity index (χ0v) is 20.8. The molecule has 0 aliphatic carbocycles. The van der Waals surface area contributed by atoms with Crippen LogP contribution in [0.4, 0.5) is 16.2 Å². The van der Waals surface area contributed by atoms with Crippen molar-refractivity contribution >= 4 is 69.7 Å². The van der Waals surface area contributed by atoms with Crippen molar-refractivity contribution in [3.63, 3.8) is 0 Å². The van der Waals surface area contributed by atoms with Crippen LogP contribution < -0.4 is 16.4 Å². The van der Waals surface area contributed by atoms with Gasteiger partial charge in [-0.1, -0.05) is 58.5 Å².